The molecule has 0 saturated heterocycles. The molecule has 27 heavy (non-hydrogen) atoms. The summed E-state index contributed by atoms with van der Waals surface area (Å²) < 4.78 is 0. The minimum Gasteiger partial charge on any atom is -0.325 e. The molecule has 0 bridgehead atoms. The van der Waals surface area contributed by atoms with Crippen LogP contribution >= 0.6 is 11.6 Å². The van der Waals surface area contributed by atoms with E-state index >= 15 is 0 Å². The van der Waals surface area contributed by atoms with Crippen molar-refractivity contribution in [1.29, 1.82) is 0 Å². The first-order valence-electron chi connectivity index (χ1n) is 8.36. The molecular formula is C21H18ClN3O2. The summed E-state index contributed by atoms with van der Waals surface area (Å²) in [6, 6.07) is 24.5. The Kier molecular flexibility index (Phi) is 6.07. The standard InChI is InChI=1S/C21H18ClN3O2/c22-16-11-13-18(14-12-16)24-21(27)25(19-9-5-2-6-10-19)15-20(26)23-17-7-3-1-4-8-17/h1-14H,15H2,(H,23,26)(H,24,27). The third-order valence-electron chi connectivity index (χ3n) is 3.77. The first kappa shape index (κ1) is 18.5. The highest BCUT2D eigenvalue weighted by molar-refractivity contribution is 6.30. The molecule has 5 nitrogen and oxygen atoms in total. The largest absolute Gasteiger partial charge is 0.326 e. The Bertz CT molecular complexity index is 900. The Balaban J connectivity index is 1.75. The van der Waals surface area contributed by atoms with Crippen LogP contribution in [0.25, 0.3) is 0 Å². The van der Waals surface area contributed by atoms with Crippen LogP contribution in [0.15, 0.2) is 84.9 Å². The smallest absolute Gasteiger partial charge is 0.325 e. The zero-order valence-corrected chi connectivity index (χ0v) is 15.2. The monoisotopic (exact) mass is 379 g/mol. The predicted molar refractivity (Wildman–Crippen MR) is 109 cm³/mol. The average molecular weight is 380 g/mol. The number of rotatable bonds is 5. The third kappa shape index (κ3) is 5.33. The average Bonchev–Trinajstić information content (AvgIpc) is 2.69. The van der Waals surface area contributed by atoms with Crippen LogP contribution in [0, 0.1) is 0 Å². The van der Waals surface area contributed by atoms with Crippen LogP contribution in [0.1, 0.15) is 0 Å². The Morgan fingerprint density at radius 2 is 1.30 bits per heavy atom. The van der Waals surface area contributed by atoms with Crippen molar-refractivity contribution < 1.29 is 9.59 Å². The molecule has 0 aliphatic rings. The van der Waals surface area contributed by atoms with Gasteiger partial charge in [-0.3, -0.25) is 9.69 Å². The van der Waals surface area contributed by atoms with Crippen molar-refractivity contribution in [3.8, 4) is 0 Å². The Morgan fingerprint density at radius 3 is 1.93 bits per heavy atom. The van der Waals surface area contributed by atoms with Crippen molar-refractivity contribution >= 4 is 40.6 Å². The summed E-state index contributed by atoms with van der Waals surface area (Å²) >= 11 is 5.88. The van der Waals surface area contributed by atoms with Crippen molar-refractivity contribution in [3.63, 3.8) is 0 Å². The molecule has 3 aromatic rings. The molecular weight excluding hydrogens is 362 g/mol. The topological polar surface area (TPSA) is 61.4 Å². The van der Waals surface area contributed by atoms with Gasteiger partial charge in [-0.15, -0.1) is 0 Å². The molecule has 0 spiro atoms. The van der Waals surface area contributed by atoms with Crippen molar-refractivity contribution in [2.24, 2.45) is 0 Å². The van der Waals surface area contributed by atoms with Crippen LogP contribution in [-0.4, -0.2) is 18.5 Å². The first-order valence-corrected chi connectivity index (χ1v) is 8.73. The number of anilines is 3. The maximum atomic E-state index is 12.8. The Morgan fingerprint density at radius 1 is 0.741 bits per heavy atom. The van der Waals surface area contributed by atoms with E-state index in [4.69, 9.17) is 11.6 Å². The molecule has 0 aromatic heterocycles. The Hall–Kier alpha value is -3.31. The molecule has 0 radical (unpaired) electrons. The fourth-order valence-electron chi connectivity index (χ4n) is 2.48. The van der Waals surface area contributed by atoms with Gasteiger partial charge in [-0.25, -0.2) is 4.79 Å². The number of nitrogens with one attached hydrogen (secondary N) is 2. The molecule has 136 valence electrons. The maximum absolute atomic E-state index is 12.8. The van der Waals surface area contributed by atoms with Crippen molar-refractivity contribution in [2.45, 2.75) is 0 Å². The van der Waals surface area contributed by atoms with Crippen LogP contribution in [0.2, 0.25) is 5.02 Å². The van der Waals surface area contributed by atoms with Crippen molar-refractivity contribution in [3.05, 3.63) is 90.0 Å². The van der Waals surface area contributed by atoms with Crippen LogP contribution in [0.4, 0.5) is 21.9 Å². The van der Waals surface area contributed by atoms with E-state index in [9.17, 15) is 9.59 Å². The second kappa shape index (κ2) is 8.87. The van der Waals surface area contributed by atoms with E-state index in [1.54, 1.807) is 48.5 Å². The lowest BCUT2D eigenvalue weighted by Crippen LogP contribution is -2.40. The summed E-state index contributed by atoms with van der Waals surface area (Å²) in [5, 5.41) is 6.15. The summed E-state index contributed by atoms with van der Waals surface area (Å²) in [5.41, 5.74) is 1.88. The van der Waals surface area contributed by atoms with Gasteiger partial charge >= 0.3 is 6.03 Å². The summed E-state index contributed by atoms with van der Waals surface area (Å²) in [6.07, 6.45) is 0. The van der Waals surface area contributed by atoms with Gasteiger partial charge in [0.1, 0.15) is 6.54 Å². The SMILES string of the molecule is O=C(CN(C(=O)Nc1ccc(Cl)cc1)c1ccccc1)Nc1ccccc1. The molecule has 0 saturated carbocycles. The van der Waals surface area contributed by atoms with E-state index in [0.29, 0.717) is 22.1 Å². The molecule has 3 amide bonds. The minimum atomic E-state index is -0.410. The molecule has 0 unspecified atom stereocenters. The summed E-state index contributed by atoms with van der Waals surface area (Å²) in [7, 11) is 0. The van der Waals surface area contributed by atoms with Crippen LogP contribution < -0.4 is 15.5 Å². The fourth-order valence-corrected chi connectivity index (χ4v) is 2.60. The normalized spacial score (nSPS) is 10.1. The lowest BCUT2D eigenvalue weighted by Gasteiger charge is -2.23. The fraction of sp³-hybridized carbons (Fsp3) is 0.0476. The highest BCUT2D eigenvalue weighted by Gasteiger charge is 2.19. The second-order valence-corrected chi connectivity index (χ2v) is 6.21. The minimum absolute atomic E-state index is 0.127. The summed E-state index contributed by atoms with van der Waals surface area (Å²) in [4.78, 5) is 26.6. The van der Waals surface area contributed by atoms with Gasteiger partial charge in [-0.2, -0.15) is 0 Å². The number of amides is 3. The highest BCUT2D eigenvalue weighted by Crippen LogP contribution is 2.18. The van der Waals surface area contributed by atoms with E-state index in [2.05, 4.69) is 10.6 Å². The van der Waals surface area contributed by atoms with Gasteiger partial charge in [0, 0.05) is 22.1 Å². The van der Waals surface area contributed by atoms with Gasteiger partial charge in [0.05, 0.1) is 0 Å². The molecule has 0 aliphatic heterocycles. The Labute approximate surface area is 162 Å². The molecule has 0 fully saturated rings. The molecule has 3 rings (SSSR count). The third-order valence-corrected chi connectivity index (χ3v) is 4.02. The highest BCUT2D eigenvalue weighted by atomic mass is 35.5. The predicted octanol–water partition coefficient (Wildman–Crippen LogP) is 5.02. The molecule has 6 heteroatoms. The number of nitrogens with zero attached hydrogens (tertiary/aromatic N) is 1. The number of hydrogen-bond donors (Lipinski definition) is 2. The number of para-hydroxylation sites is 2. The summed E-state index contributed by atoms with van der Waals surface area (Å²) in [5.74, 6) is -0.295. The second-order valence-electron chi connectivity index (χ2n) is 5.77. The maximum Gasteiger partial charge on any atom is 0.326 e. The van der Waals surface area contributed by atoms with Gasteiger partial charge in [0.25, 0.3) is 0 Å². The first-order chi connectivity index (χ1) is 13.1. The van der Waals surface area contributed by atoms with Crippen LogP contribution in [0.5, 0.6) is 0 Å². The molecule has 2 N–H and O–H groups in total. The number of urea groups is 1. The summed E-state index contributed by atoms with van der Waals surface area (Å²) in [6.45, 7) is -0.127. The lowest BCUT2D eigenvalue weighted by atomic mass is 10.2. The number of hydrogen-bond acceptors (Lipinski definition) is 2. The van der Waals surface area contributed by atoms with Crippen LogP contribution in [0.3, 0.4) is 0 Å². The van der Waals surface area contributed by atoms with Gasteiger partial charge in [0.2, 0.25) is 5.91 Å². The lowest BCUT2D eigenvalue weighted by molar-refractivity contribution is -0.114. The van der Waals surface area contributed by atoms with E-state index < -0.39 is 6.03 Å². The van der Waals surface area contributed by atoms with Gasteiger partial charge in [0.15, 0.2) is 0 Å². The van der Waals surface area contributed by atoms with E-state index in [-0.39, 0.29) is 12.5 Å². The van der Waals surface area contributed by atoms with Gasteiger partial charge in [-0.05, 0) is 48.5 Å². The zero-order chi connectivity index (χ0) is 19.1. The molecule has 0 heterocycles. The quantitative estimate of drug-likeness (QED) is 0.654. The van der Waals surface area contributed by atoms with E-state index in [1.165, 1.54) is 4.90 Å². The van der Waals surface area contributed by atoms with Crippen molar-refractivity contribution in [2.75, 3.05) is 22.1 Å². The zero-order valence-electron chi connectivity index (χ0n) is 14.4. The number of carbonyl (C=O) groups is 2. The number of benzene rings is 3. The molecule has 3 aromatic carbocycles. The molecule has 0 aliphatic carbocycles. The number of halogens is 1. The van der Waals surface area contributed by atoms with Gasteiger partial charge < -0.3 is 10.6 Å². The number of carbonyl (C=O) groups excluding carboxylic acids is 2. The van der Waals surface area contributed by atoms with Gasteiger partial charge in [-0.1, -0.05) is 48.0 Å². The van der Waals surface area contributed by atoms with E-state index in [0.717, 1.165) is 0 Å². The molecule has 0 atom stereocenters. The van der Waals surface area contributed by atoms with E-state index in [1.807, 2.05) is 36.4 Å². The van der Waals surface area contributed by atoms with Crippen molar-refractivity contribution in [1.82, 2.24) is 0 Å². The van der Waals surface area contributed by atoms with Crippen LogP contribution in [-0.2, 0) is 4.79 Å².